The highest BCUT2D eigenvalue weighted by Crippen LogP contribution is 2.26. The predicted octanol–water partition coefficient (Wildman–Crippen LogP) is 2.02. The van der Waals surface area contributed by atoms with Crippen molar-refractivity contribution in [3.63, 3.8) is 0 Å². The highest BCUT2D eigenvalue weighted by Gasteiger charge is 2.18. The van der Waals surface area contributed by atoms with Gasteiger partial charge in [0, 0.05) is 11.8 Å². The summed E-state index contributed by atoms with van der Waals surface area (Å²) in [5.74, 6) is 0.999. The molecule has 1 aromatic rings. The molecule has 0 radical (unpaired) electrons. The van der Waals surface area contributed by atoms with Crippen molar-refractivity contribution in [2.75, 3.05) is 13.1 Å². The van der Waals surface area contributed by atoms with Crippen LogP contribution in [0.2, 0.25) is 0 Å². The van der Waals surface area contributed by atoms with Gasteiger partial charge in [0.15, 0.2) is 5.88 Å². The van der Waals surface area contributed by atoms with Gasteiger partial charge in [-0.1, -0.05) is 0 Å². The SMILES string of the molecule is c1c(OC2CCNCC2)[nH]c2c1CCCC2. The fourth-order valence-electron chi connectivity index (χ4n) is 2.73. The van der Waals surface area contributed by atoms with Crippen molar-refractivity contribution in [1.29, 1.82) is 0 Å². The first-order chi connectivity index (χ1) is 7.92. The smallest absolute Gasteiger partial charge is 0.191 e. The molecule has 0 bridgehead atoms. The molecule has 1 saturated heterocycles. The number of hydrogen-bond acceptors (Lipinski definition) is 2. The van der Waals surface area contributed by atoms with Gasteiger partial charge >= 0.3 is 0 Å². The fourth-order valence-corrected chi connectivity index (χ4v) is 2.73. The maximum absolute atomic E-state index is 6.01. The lowest BCUT2D eigenvalue weighted by molar-refractivity contribution is 0.156. The molecule has 1 aromatic heterocycles. The highest BCUT2D eigenvalue weighted by atomic mass is 16.5. The lowest BCUT2D eigenvalue weighted by Crippen LogP contribution is -2.34. The first kappa shape index (κ1) is 10.2. The monoisotopic (exact) mass is 220 g/mol. The van der Waals surface area contributed by atoms with Gasteiger partial charge < -0.3 is 15.0 Å². The number of hydrogen-bond donors (Lipinski definition) is 2. The summed E-state index contributed by atoms with van der Waals surface area (Å²) in [4.78, 5) is 3.44. The van der Waals surface area contributed by atoms with Crippen LogP contribution in [0.4, 0.5) is 0 Å². The van der Waals surface area contributed by atoms with E-state index in [4.69, 9.17) is 4.74 Å². The van der Waals surface area contributed by atoms with Gasteiger partial charge in [0.1, 0.15) is 6.10 Å². The van der Waals surface area contributed by atoms with Crippen LogP contribution in [0.1, 0.15) is 36.9 Å². The van der Waals surface area contributed by atoms with Gasteiger partial charge in [0.05, 0.1) is 0 Å². The van der Waals surface area contributed by atoms with Crippen molar-refractivity contribution in [2.45, 2.75) is 44.6 Å². The van der Waals surface area contributed by atoms with Crippen LogP contribution in [0.5, 0.6) is 5.88 Å². The molecule has 3 heteroatoms. The number of rotatable bonds is 2. The van der Waals surface area contributed by atoms with Crippen molar-refractivity contribution in [3.05, 3.63) is 17.3 Å². The number of H-pyrrole nitrogens is 1. The van der Waals surface area contributed by atoms with Crippen molar-refractivity contribution >= 4 is 0 Å². The molecule has 1 aliphatic heterocycles. The molecule has 0 amide bonds. The van der Waals surface area contributed by atoms with E-state index in [0.717, 1.165) is 31.8 Å². The number of aromatic amines is 1. The molecule has 3 rings (SSSR count). The van der Waals surface area contributed by atoms with Crippen LogP contribution in [0.15, 0.2) is 6.07 Å². The molecule has 0 atom stereocenters. The second-order valence-corrected chi connectivity index (χ2v) is 4.91. The van der Waals surface area contributed by atoms with E-state index in [1.807, 2.05) is 0 Å². The summed E-state index contributed by atoms with van der Waals surface area (Å²) in [6.45, 7) is 2.18. The van der Waals surface area contributed by atoms with Crippen LogP contribution in [0.25, 0.3) is 0 Å². The largest absolute Gasteiger partial charge is 0.476 e. The standard InChI is InChI=1S/C13H20N2O/c1-2-4-12-10(3-1)9-13(15-12)16-11-5-7-14-8-6-11/h9,11,14-15H,1-8H2. The lowest BCUT2D eigenvalue weighted by Gasteiger charge is -2.22. The number of aromatic nitrogens is 1. The Hall–Kier alpha value is -0.960. The molecule has 2 aliphatic rings. The van der Waals surface area contributed by atoms with Crippen LogP contribution in [0, 0.1) is 0 Å². The Morgan fingerprint density at radius 1 is 1.12 bits per heavy atom. The molecule has 1 fully saturated rings. The first-order valence-corrected chi connectivity index (χ1v) is 6.50. The van der Waals surface area contributed by atoms with Crippen LogP contribution in [-0.4, -0.2) is 24.2 Å². The minimum atomic E-state index is 0.404. The Kier molecular flexibility index (Phi) is 2.87. The summed E-state index contributed by atoms with van der Waals surface area (Å²) in [5.41, 5.74) is 2.89. The first-order valence-electron chi connectivity index (χ1n) is 6.50. The number of piperidine rings is 1. The van der Waals surface area contributed by atoms with Crippen molar-refractivity contribution in [1.82, 2.24) is 10.3 Å². The second kappa shape index (κ2) is 4.50. The van der Waals surface area contributed by atoms with Crippen molar-refractivity contribution in [2.24, 2.45) is 0 Å². The minimum Gasteiger partial charge on any atom is -0.476 e. The van der Waals surface area contributed by atoms with Gasteiger partial charge in [-0.2, -0.15) is 0 Å². The normalized spacial score (nSPS) is 21.8. The van der Waals surface area contributed by atoms with Crippen LogP contribution >= 0.6 is 0 Å². The van der Waals surface area contributed by atoms with Gasteiger partial charge in [0.2, 0.25) is 0 Å². The molecule has 3 nitrogen and oxygen atoms in total. The van der Waals surface area contributed by atoms with Gasteiger partial charge in [-0.3, -0.25) is 0 Å². The Balaban J connectivity index is 1.67. The number of fused-ring (bicyclic) bond motifs is 1. The quantitative estimate of drug-likeness (QED) is 0.800. The van der Waals surface area contributed by atoms with Crippen molar-refractivity contribution < 1.29 is 4.74 Å². The topological polar surface area (TPSA) is 37.0 Å². The minimum absolute atomic E-state index is 0.404. The molecule has 0 unspecified atom stereocenters. The van der Waals surface area contributed by atoms with Gasteiger partial charge in [-0.15, -0.1) is 0 Å². The average molecular weight is 220 g/mol. The zero-order chi connectivity index (χ0) is 10.8. The van der Waals surface area contributed by atoms with Gasteiger partial charge in [0.25, 0.3) is 0 Å². The zero-order valence-corrected chi connectivity index (χ0v) is 9.72. The summed E-state index contributed by atoms with van der Waals surface area (Å²) >= 11 is 0. The highest BCUT2D eigenvalue weighted by molar-refractivity contribution is 5.31. The third-order valence-corrected chi connectivity index (χ3v) is 3.67. The Morgan fingerprint density at radius 2 is 1.94 bits per heavy atom. The summed E-state index contributed by atoms with van der Waals surface area (Å²) in [7, 11) is 0. The third-order valence-electron chi connectivity index (χ3n) is 3.67. The maximum Gasteiger partial charge on any atom is 0.191 e. The number of nitrogens with one attached hydrogen (secondary N) is 2. The predicted molar refractivity (Wildman–Crippen MR) is 64.0 cm³/mol. The molecular weight excluding hydrogens is 200 g/mol. The lowest BCUT2D eigenvalue weighted by atomic mass is 9.98. The summed E-state index contributed by atoms with van der Waals surface area (Å²) in [6.07, 6.45) is 7.74. The van der Waals surface area contributed by atoms with Crippen molar-refractivity contribution in [3.8, 4) is 5.88 Å². The van der Waals surface area contributed by atoms with E-state index in [2.05, 4.69) is 16.4 Å². The molecule has 88 valence electrons. The van der Waals surface area contributed by atoms with Gasteiger partial charge in [-0.05, 0) is 57.2 Å². The Bertz CT molecular complexity index is 329. The third kappa shape index (κ3) is 2.09. The molecule has 0 saturated carbocycles. The number of aryl methyl sites for hydroxylation is 2. The molecular formula is C13H20N2O. The Labute approximate surface area is 96.6 Å². The number of ether oxygens (including phenoxy) is 1. The van der Waals surface area contributed by atoms with E-state index in [1.54, 1.807) is 0 Å². The van der Waals surface area contributed by atoms with E-state index < -0.39 is 0 Å². The van der Waals surface area contributed by atoms with E-state index >= 15 is 0 Å². The molecule has 2 N–H and O–H groups in total. The summed E-state index contributed by atoms with van der Waals surface area (Å²) in [5, 5.41) is 3.36. The van der Waals surface area contributed by atoms with Crippen LogP contribution < -0.4 is 10.1 Å². The summed E-state index contributed by atoms with van der Waals surface area (Å²) in [6, 6.07) is 2.22. The van der Waals surface area contributed by atoms with Crippen LogP contribution in [-0.2, 0) is 12.8 Å². The second-order valence-electron chi connectivity index (χ2n) is 4.91. The molecule has 16 heavy (non-hydrogen) atoms. The molecule has 1 aliphatic carbocycles. The summed E-state index contributed by atoms with van der Waals surface area (Å²) < 4.78 is 6.01. The molecule has 2 heterocycles. The Morgan fingerprint density at radius 3 is 2.75 bits per heavy atom. The maximum atomic E-state index is 6.01. The van der Waals surface area contributed by atoms with Crippen LogP contribution in [0.3, 0.4) is 0 Å². The average Bonchev–Trinajstić information content (AvgIpc) is 2.72. The zero-order valence-electron chi connectivity index (χ0n) is 9.72. The molecule has 0 aromatic carbocycles. The van der Waals surface area contributed by atoms with E-state index in [1.165, 1.54) is 36.9 Å². The van der Waals surface area contributed by atoms with Gasteiger partial charge in [-0.25, -0.2) is 0 Å². The fraction of sp³-hybridized carbons (Fsp3) is 0.692. The van der Waals surface area contributed by atoms with E-state index in [0.29, 0.717) is 6.10 Å². The van der Waals surface area contributed by atoms with E-state index in [9.17, 15) is 0 Å². The van der Waals surface area contributed by atoms with E-state index in [-0.39, 0.29) is 0 Å². The molecule has 0 spiro atoms.